The summed E-state index contributed by atoms with van der Waals surface area (Å²) in [5.41, 5.74) is 5.72. The minimum Gasteiger partial charge on any atom is -0.462 e. The van der Waals surface area contributed by atoms with Gasteiger partial charge < -0.3 is 15.2 Å². The summed E-state index contributed by atoms with van der Waals surface area (Å²) in [6.45, 7) is 5.62. The van der Waals surface area contributed by atoms with Crippen LogP contribution in [0, 0.1) is 0 Å². The normalized spacial score (nSPS) is 9.44. The molecule has 92 valence electrons. The summed E-state index contributed by atoms with van der Waals surface area (Å²) in [4.78, 5) is 23.0. The molecule has 0 aliphatic rings. The molecule has 0 radical (unpaired) electrons. The van der Waals surface area contributed by atoms with Crippen LogP contribution in [0.4, 0.5) is 0 Å². The second kappa shape index (κ2) is 7.73. The molecule has 0 fully saturated rings. The summed E-state index contributed by atoms with van der Waals surface area (Å²) in [6, 6.07) is 0. The predicted octanol–water partition coefficient (Wildman–Crippen LogP) is 1.13. The average molecular weight is 229 g/mol. The molecule has 0 saturated carbocycles. The highest BCUT2D eigenvalue weighted by Crippen LogP contribution is 2.10. The van der Waals surface area contributed by atoms with Gasteiger partial charge in [0, 0.05) is 5.70 Å². The van der Waals surface area contributed by atoms with Gasteiger partial charge in [-0.2, -0.15) is 0 Å². The van der Waals surface area contributed by atoms with Gasteiger partial charge in [-0.25, -0.2) is 9.59 Å². The minimum absolute atomic E-state index is 0.175. The molecule has 0 rings (SSSR count). The standard InChI is InChI=1S/C11H19NO4/c1-4-7-8(12)9(10(13)15-5-2)11(14)16-6-3/h4-7,12H2,1-3H3. The zero-order valence-corrected chi connectivity index (χ0v) is 10.0. The summed E-state index contributed by atoms with van der Waals surface area (Å²) in [5.74, 6) is -1.43. The average Bonchev–Trinajstić information content (AvgIpc) is 2.19. The molecule has 5 nitrogen and oxygen atoms in total. The Kier molecular flexibility index (Phi) is 7.00. The van der Waals surface area contributed by atoms with Gasteiger partial charge in [0.2, 0.25) is 0 Å². The second-order valence-corrected chi connectivity index (χ2v) is 3.09. The lowest BCUT2D eigenvalue weighted by Crippen LogP contribution is -2.23. The molecule has 0 aromatic rings. The first-order chi connectivity index (χ1) is 7.58. The van der Waals surface area contributed by atoms with Crippen molar-refractivity contribution in [2.75, 3.05) is 13.2 Å². The van der Waals surface area contributed by atoms with Gasteiger partial charge >= 0.3 is 11.9 Å². The summed E-state index contributed by atoms with van der Waals surface area (Å²) >= 11 is 0. The number of ether oxygens (including phenoxy) is 2. The number of hydrogen-bond donors (Lipinski definition) is 1. The van der Waals surface area contributed by atoms with E-state index in [4.69, 9.17) is 15.2 Å². The SMILES string of the molecule is CCCC(N)=C(C(=O)OCC)C(=O)OCC. The maximum Gasteiger partial charge on any atom is 0.347 e. The van der Waals surface area contributed by atoms with Crippen molar-refractivity contribution < 1.29 is 19.1 Å². The number of esters is 2. The number of carbonyl (C=O) groups excluding carboxylic acids is 2. The molecule has 0 aliphatic heterocycles. The van der Waals surface area contributed by atoms with Crippen molar-refractivity contribution >= 4 is 11.9 Å². The Morgan fingerprint density at radius 3 is 1.75 bits per heavy atom. The number of rotatable bonds is 6. The fourth-order valence-electron chi connectivity index (χ4n) is 1.15. The maximum absolute atomic E-state index is 11.5. The van der Waals surface area contributed by atoms with Crippen molar-refractivity contribution in [3.63, 3.8) is 0 Å². The molecule has 16 heavy (non-hydrogen) atoms. The van der Waals surface area contributed by atoms with Crippen LogP contribution in [0.5, 0.6) is 0 Å². The Hall–Kier alpha value is -1.52. The van der Waals surface area contributed by atoms with Crippen LogP contribution in [0.25, 0.3) is 0 Å². The third-order valence-corrected chi connectivity index (χ3v) is 1.80. The molecule has 0 saturated heterocycles. The molecule has 0 aromatic heterocycles. The van der Waals surface area contributed by atoms with E-state index < -0.39 is 11.9 Å². The summed E-state index contributed by atoms with van der Waals surface area (Å²) < 4.78 is 9.52. The van der Waals surface area contributed by atoms with Crippen molar-refractivity contribution in [3.8, 4) is 0 Å². The van der Waals surface area contributed by atoms with Gasteiger partial charge in [0.1, 0.15) is 0 Å². The largest absolute Gasteiger partial charge is 0.462 e. The Labute approximate surface area is 95.6 Å². The highest BCUT2D eigenvalue weighted by molar-refractivity contribution is 6.14. The minimum atomic E-state index is -0.716. The summed E-state index contributed by atoms with van der Waals surface area (Å²) in [5, 5.41) is 0. The maximum atomic E-state index is 11.5. The van der Waals surface area contributed by atoms with Crippen LogP contribution in [0.15, 0.2) is 11.3 Å². The smallest absolute Gasteiger partial charge is 0.347 e. The van der Waals surface area contributed by atoms with E-state index in [0.29, 0.717) is 6.42 Å². The molecular formula is C11H19NO4. The lowest BCUT2D eigenvalue weighted by Gasteiger charge is -2.09. The fourth-order valence-corrected chi connectivity index (χ4v) is 1.15. The molecule has 0 aromatic carbocycles. The van der Waals surface area contributed by atoms with Gasteiger partial charge in [-0.05, 0) is 20.3 Å². The van der Waals surface area contributed by atoms with Crippen molar-refractivity contribution in [2.45, 2.75) is 33.6 Å². The van der Waals surface area contributed by atoms with E-state index in [2.05, 4.69) is 0 Å². The van der Waals surface area contributed by atoms with E-state index in [1.807, 2.05) is 6.92 Å². The van der Waals surface area contributed by atoms with Crippen LogP contribution in [0.3, 0.4) is 0 Å². The Morgan fingerprint density at radius 2 is 1.44 bits per heavy atom. The number of allylic oxidation sites excluding steroid dienone is 1. The van der Waals surface area contributed by atoms with Gasteiger partial charge in [0.25, 0.3) is 0 Å². The quantitative estimate of drug-likeness (QED) is 0.319. The van der Waals surface area contributed by atoms with Crippen molar-refractivity contribution in [1.29, 1.82) is 0 Å². The van der Waals surface area contributed by atoms with E-state index in [1.54, 1.807) is 13.8 Å². The van der Waals surface area contributed by atoms with Crippen molar-refractivity contribution in [3.05, 3.63) is 11.3 Å². The third-order valence-electron chi connectivity index (χ3n) is 1.80. The Bertz CT molecular complexity index is 264. The van der Waals surface area contributed by atoms with Gasteiger partial charge in [-0.1, -0.05) is 13.3 Å². The first-order valence-corrected chi connectivity index (χ1v) is 5.41. The topological polar surface area (TPSA) is 78.6 Å². The van der Waals surface area contributed by atoms with E-state index in [0.717, 1.165) is 6.42 Å². The van der Waals surface area contributed by atoms with Crippen LogP contribution in [-0.4, -0.2) is 25.2 Å². The predicted molar refractivity (Wildman–Crippen MR) is 59.4 cm³/mol. The molecule has 0 aliphatic carbocycles. The summed E-state index contributed by atoms with van der Waals surface area (Å²) in [6.07, 6.45) is 1.21. The van der Waals surface area contributed by atoms with Gasteiger partial charge in [0.15, 0.2) is 5.57 Å². The molecule has 0 heterocycles. The van der Waals surface area contributed by atoms with Gasteiger partial charge in [-0.3, -0.25) is 0 Å². The number of nitrogens with two attached hydrogens (primary N) is 1. The van der Waals surface area contributed by atoms with Crippen LogP contribution in [0.2, 0.25) is 0 Å². The molecule has 5 heteroatoms. The zero-order valence-electron chi connectivity index (χ0n) is 10.0. The highest BCUT2D eigenvalue weighted by atomic mass is 16.6. The first kappa shape index (κ1) is 14.5. The molecule has 0 atom stereocenters. The van der Waals surface area contributed by atoms with E-state index in [1.165, 1.54) is 0 Å². The van der Waals surface area contributed by atoms with Gasteiger partial charge in [0.05, 0.1) is 13.2 Å². The third kappa shape index (κ3) is 4.33. The van der Waals surface area contributed by atoms with Crippen LogP contribution in [-0.2, 0) is 19.1 Å². The highest BCUT2D eigenvalue weighted by Gasteiger charge is 2.24. The number of hydrogen-bond acceptors (Lipinski definition) is 5. The fraction of sp³-hybridized carbons (Fsp3) is 0.636. The van der Waals surface area contributed by atoms with Gasteiger partial charge in [-0.15, -0.1) is 0 Å². The molecule has 0 bridgehead atoms. The lowest BCUT2D eigenvalue weighted by molar-refractivity contribution is -0.146. The van der Waals surface area contributed by atoms with Crippen molar-refractivity contribution in [1.82, 2.24) is 0 Å². The molecule has 0 unspecified atom stereocenters. The second-order valence-electron chi connectivity index (χ2n) is 3.09. The first-order valence-electron chi connectivity index (χ1n) is 5.41. The number of carbonyl (C=O) groups is 2. The Balaban J connectivity index is 4.96. The van der Waals surface area contributed by atoms with E-state index in [-0.39, 0.29) is 24.5 Å². The van der Waals surface area contributed by atoms with Crippen LogP contribution < -0.4 is 5.73 Å². The molecule has 0 amide bonds. The Morgan fingerprint density at radius 1 is 1.00 bits per heavy atom. The van der Waals surface area contributed by atoms with Crippen LogP contribution in [0.1, 0.15) is 33.6 Å². The lowest BCUT2D eigenvalue weighted by atomic mass is 10.1. The molecule has 2 N–H and O–H groups in total. The van der Waals surface area contributed by atoms with E-state index in [9.17, 15) is 9.59 Å². The monoisotopic (exact) mass is 229 g/mol. The summed E-state index contributed by atoms with van der Waals surface area (Å²) in [7, 11) is 0. The molecule has 0 spiro atoms. The van der Waals surface area contributed by atoms with Crippen LogP contribution >= 0.6 is 0 Å². The zero-order chi connectivity index (χ0) is 12.6. The van der Waals surface area contributed by atoms with E-state index >= 15 is 0 Å². The van der Waals surface area contributed by atoms with Crippen molar-refractivity contribution in [2.24, 2.45) is 5.73 Å². The molecular weight excluding hydrogens is 210 g/mol.